The van der Waals surface area contributed by atoms with Gasteiger partial charge in [-0.15, -0.1) is 11.8 Å². The number of aromatic nitrogens is 1. The number of nitrogens with zero attached hydrogens (tertiary/aromatic N) is 1. The van der Waals surface area contributed by atoms with Crippen molar-refractivity contribution in [1.29, 1.82) is 0 Å². The zero-order valence-electron chi connectivity index (χ0n) is 18.7. The number of fused-ring (bicyclic) bond motifs is 1. The summed E-state index contributed by atoms with van der Waals surface area (Å²) in [5, 5.41) is 11.6. The summed E-state index contributed by atoms with van der Waals surface area (Å²) in [6.45, 7) is 13.4. The van der Waals surface area contributed by atoms with Crippen molar-refractivity contribution in [2.24, 2.45) is 17.9 Å². The first-order valence-electron chi connectivity index (χ1n) is 10.2. The summed E-state index contributed by atoms with van der Waals surface area (Å²) in [6.07, 6.45) is 4.95. The van der Waals surface area contributed by atoms with E-state index >= 15 is 0 Å². The SMILES string of the molecule is Cn1c(=O)ccc2cc(CSC3(C(C)(C)C)C=CC(O)=C(C(C)(C)C)C3)ccc21. The summed E-state index contributed by atoms with van der Waals surface area (Å²) < 4.78 is 1.59. The van der Waals surface area contributed by atoms with Gasteiger partial charge in [0.15, 0.2) is 0 Å². The first-order valence-corrected chi connectivity index (χ1v) is 11.2. The molecular formula is C25H33NO2S. The zero-order valence-corrected chi connectivity index (χ0v) is 19.5. The Morgan fingerprint density at radius 2 is 1.79 bits per heavy atom. The molecule has 0 fully saturated rings. The van der Waals surface area contributed by atoms with Gasteiger partial charge >= 0.3 is 0 Å². The third-order valence-corrected chi connectivity index (χ3v) is 8.01. The van der Waals surface area contributed by atoms with Crippen LogP contribution in [-0.4, -0.2) is 14.4 Å². The minimum Gasteiger partial charge on any atom is -0.508 e. The number of aliphatic hydroxyl groups is 1. The van der Waals surface area contributed by atoms with Gasteiger partial charge in [0.1, 0.15) is 5.76 Å². The molecule has 1 heterocycles. The van der Waals surface area contributed by atoms with E-state index in [0.717, 1.165) is 28.6 Å². The van der Waals surface area contributed by atoms with Crippen molar-refractivity contribution < 1.29 is 5.11 Å². The summed E-state index contributed by atoms with van der Waals surface area (Å²) in [7, 11) is 1.81. The lowest BCUT2D eigenvalue weighted by Crippen LogP contribution is -2.41. The van der Waals surface area contributed by atoms with Crippen LogP contribution < -0.4 is 5.56 Å². The topological polar surface area (TPSA) is 42.2 Å². The second-order valence-corrected chi connectivity index (χ2v) is 11.5. The third kappa shape index (κ3) is 4.18. The Balaban J connectivity index is 1.92. The van der Waals surface area contributed by atoms with Crippen molar-refractivity contribution in [1.82, 2.24) is 4.57 Å². The predicted molar refractivity (Wildman–Crippen MR) is 126 cm³/mol. The van der Waals surface area contributed by atoms with E-state index in [1.807, 2.05) is 37.0 Å². The standard InChI is InChI=1S/C25H33NO2S/c1-23(2,3)19-15-25(24(4,5)6,13-12-21(19)27)29-16-17-8-10-20-18(14-17)9-11-22(28)26(20)7/h8-14,27H,15-16H2,1-7H3. The van der Waals surface area contributed by atoms with Crippen molar-refractivity contribution in [2.45, 2.75) is 58.5 Å². The Bertz CT molecular complexity index is 1050. The summed E-state index contributed by atoms with van der Waals surface area (Å²) in [6, 6.07) is 9.88. The van der Waals surface area contributed by atoms with Crippen LogP contribution in [0.2, 0.25) is 0 Å². The fourth-order valence-corrected chi connectivity index (χ4v) is 5.39. The van der Waals surface area contributed by atoms with Gasteiger partial charge in [0.05, 0.1) is 5.52 Å². The minimum atomic E-state index is -0.0969. The Labute approximate surface area is 178 Å². The lowest BCUT2D eigenvalue weighted by Gasteiger charge is -2.46. The van der Waals surface area contributed by atoms with Gasteiger partial charge in [-0.05, 0) is 58.0 Å². The number of aryl methyl sites for hydroxylation is 1. The quantitative estimate of drug-likeness (QED) is 0.637. The summed E-state index contributed by atoms with van der Waals surface area (Å²) in [5.41, 5.74) is 3.30. The zero-order chi connectivity index (χ0) is 21.6. The molecular weight excluding hydrogens is 378 g/mol. The molecule has 0 saturated carbocycles. The molecule has 1 unspecified atom stereocenters. The van der Waals surface area contributed by atoms with E-state index < -0.39 is 0 Å². The van der Waals surface area contributed by atoms with E-state index in [2.05, 4.69) is 59.8 Å². The van der Waals surface area contributed by atoms with Crippen LogP contribution >= 0.6 is 11.8 Å². The molecule has 0 bridgehead atoms. The van der Waals surface area contributed by atoms with Gasteiger partial charge in [-0.2, -0.15) is 0 Å². The van der Waals surface area contributed by atoms with Crippen molar-refractivity contribution in [3.8, 4) is 0 Å². The van der Waals surface area contributed by atoms with Crippen LogP contribution in [0.5, 0.6) is 0 Å². The van der Waals surface area contributed by atoms with E-state index in [-0.39, 0.29) is 21.1 Å². The molecule has 1 aliphatic carbocycles. The molecule has 0 amide bonds. The molecule has 0 aliphatic heterocycles. The molecule has 3 nitrogen and oxygen atoms in total. The molecule has 0 spiro atoms. The van der Waals surface area contributed by atoms with Crippen LogP contribution in [-0.2, 0) is 12.8 Å². The number of thioether (sulfide) groups is 1. The monoisotopic (exact) mass is 411 g/mol. The molecule has 1 aromatic carbocycles. The highest BCUT2D eigenvalue weighted by Crippen LogP contribution is 2.53. The smallest absolute Gasteiger partial charge is 0.250 e. The third-order valence-electron chi connectivity index (χ3n) is 6.12. The average molecular weight is 412 g/mol. The molecule has 1 aromatic heterocycles. The number of hydrogen-bond acceptors (Lipinski definition) is 3. The molecule has 1 aliphatic rings. The van der Waals surface area contributed by atoms with Crippen molar-refractivity contribution in [2.75, 3.05) is 0 Å². The fourth-order valence-electron chi connectivity index (χ4n) is 3.94. The second kappa shape index (κ2) is 7.39. The summed E-state index contributed by atoms with van der Waals surface area (Å²) >= 11 is 1.94. The maximum Gasteiger partial charge on any atom is 0.250 e. The van der Waals surface area contributed by atoms with Crippen LogP contribution in [0.25, 0.3) is 10.9 Å². The van der Waals surface area contributed by atoms with E-state index in [0.29, 0.717) is 5.76 Å². The van der Waals surface area contributed by atoms with Crippen LogP contribution in [0.15, 0.2) is 58.6 Å². The number of hydrogen-bond donors (Lipinski definition) is 1. The van der Waals surface area contributed by atoms with Gasteiger partial charge in [0.25, 0.3) is 5.56 Å². The molecule has 4 heteroatoms. The highest BCUT2D eigenvalue weighted by Gasteiger charge is 2.44. The summed E-state index contributed by atoms with van der Waals surface area (Å²) in [5.74, 6) is 1.29. The largest absolute Gasteiger partial charge is 0.508 e. The van der Waals surface area contributed by atoms with Crippen LogP contribution in [0.4, 0.5) is 0 Å². The maximum absolute atomic E-state index is 11.9. The molecule has 29 heavy (non-hydrogen) atoms. The maximum atomic E-state index is 11.9. The van der Waals surface area contributed by atoms with Gasteiger partial charge < -0.3 is 9.67 Å². The summed E-state index contributed by atoms with van der Waals surface area (Å²) in [4.78, 5) is 11.9. The van der Waals surface area contributed by atoms with Gasteiger partial charge in [0, 0.05) is 23.6 Å². The van der Waals surface area contributed by atoms with Crippen LogP contribution in [0.1, 0.15) is 53.5 Å². The fraction of sp³-hybridized carbons (Fsp3) is 0.480. The van der Waals surface area contributed by atoms with Crippen molar-refractivity contribution in [3.05, 3.63) is 69.7 Å². The molecule has 1 N–H and O–H groups in total. The number of benzene rings is 1. The van der Waals surface area contributed by atoms with Crippen molar-refractivity contribution in [3.63, 3.8) is 0 Å². The second-order valence-electron chi connectivity index (χ2n) is 10.2. The lowest BCUT2D eigenvalue weighted by atomic mass is 9.69. The minimum absolute atomic E-state index is 0.0138. The van der Waals surface area contributed by atoms with E-state index in [1.54, 1.807) is 10.6 Å². The highest BCUT2D eigenvalue weighted by molar-refractivity contribution is 8.00. The number of pyridine rings is 1. The highest BCUT2D eigenvalue weighted by atomic mass is 32.2. The van der Waals surface area contributed by atoms with E-state index in [9.17, 15) is 9.90 Å². The van der Waals surface area contributed by atoms with Crippen LogP contribution in [0.3, 0.4) is 0 Å². The number of rotatable bonds is 3. The molecule has 3 rings (SSSR count). The van der Waals surface area contributed by atoms with E-state index in [1.165, 1.54) is 5.56 Å². The normalized spacial score (nSPS) is 20.5. The lowest BCUT2D eigenvalue weighted by molar-refractivity contribution is 0.290. The molecule has 1 atom stereocenters. The first kappa shape index (κ1) is 21.8. The van der Waals surface area contributed by atoms with E-state index in [4.69, 9.17) is 0 Å². The van der Waals surface area contributed by atoms with Gasteiger partial charge in [-0.1, -0.05) is 53.7 Å². The van der Waals surface area contributed by atoms with Crippen molar-refractivity contribution >= 4 is 22.7 Å². The number of aliphatic hydroxyl groups excluding tert-OH is 1. The Hall–Kier alpha value is -1.94. The van der Waals surface area contributed by atoms with Gasteiger partial charge in [-0.3, -0.25) is 4.79 Å². The molecule has 0 saturated heterocycles. The molecule has 156 valence electrons. The first-order chi connectivity index (χ1) is 13.3. The Morgan fingerprint density at radius 3 is 2.41 bits per heavy atom. The van der Waals surface area contributed by atoms with Gasteiger partial charge in [-0.25, -0.2) is 0 Å². The number of allylic oxidation sites excluding steroid dienone is 2. The Morgan fingerprint density at radius 1 is 1.10 bits per heavy atom. The molecule has 2 aromatic rings. The molecule has 0 radical (unpaired) electrons. The average Bonchev–Trinajstić information content (AvgIpc) is 2.62. The Kier molecular flexibility index (Phi) is 5.55. The van der Waals surface area contributed by atoms with Crippen LogP contribution in [0, 0.1) is 10.8 Å². The predicted octanol–water partition coefficient (Wildman–Crippen LogP) is 6.37. The van der Waals surface area contributed by atoms with Gasteiger partial charge in [0.2, 0.25) is 0 Å².